The normalized spacial score (nSPS) is 9.30. The van der Waals surface area contributed by atoms with Gasteiger partial charge in [0.05, 0.1) is 6.33 Å². The molecule has 33 heavy (non-hydrogen) atoms. The molecule has 7 nitrogen and oxygen atoms in total. The Hall–Kier alpha value is 1.19. The molecule has 0 bridgehead atoms. The maximum Gasteiger partial charge on any atom is 2.00 e. The number of nitrogens with two attached hydrogens (primary N) is 1. The third-order valence-corrected chi connectivity index (χ3v) is 7.10. The van der Waals surface area contributed by atoms with Crippen LogP contribution in [0.5, 0.6) is 0 Å². The molecule has 2 N–H and O–H groups in total. The molecule has 15 heteroatoms. The summed E-state index contributed by atoms with van der Waals surface area (Å²) in [6, 6.07) is 0. The Labute approximate surface area is 257 Å². The first-order chi connectivity index (χ1) is 12.4. The number of aryl methyl sites for hydroxylation is 1. The summed E-state index contributed by atoms with van der Waals surface area (Å²) in [5.41, 5.74) is 6.97. The summed E-state index contributed by atoms with van der Waals surface area (Å²) in [6.45, 7) is 15.9. The SMILES string of the molecule is CC(C)S(=O)C(C)C.CC(C)S(=O)C(C)C.Cn1cnc2c(N)ncnc21.[Cl-].[Cl-].[Cl-].[Cl-].[Pt+2].[Pt+2]. The van der Waals surface area contributed by atoms with Crippen LogP contribution in [0.2, 0.25) is 0 Å². The van der Waals surface area contributed by atoms with E-state index >= 15 is 0 Å². The first kappa shape index (κ1) is 50.9. The van der Waals surface area contributed by atoms with Crippen molar-refractivity contribution in [3.05, 3.63) is 12.7 Å². The molecule has 2 rings (SSSR count). The number of fused-ring (bicyclic) bond motifs is 1. The van der Waals surface area contributed by atoms with Crippen molar-refractivity contribution >= 4 is 38.6 Å². The quantitative estimate of drug-likeness (QED) is 0.327. The van der Waals surface area contributed by atoms with Gasteiger partial charge < -0.3 is 59.9 Å². The topological polar surface area (TPSA) is 104 Å². The number of nitrogens with zero attached hydrogens (tertiary/aromatic N) is 4. The number of hydrogen-bond donors (Lipinski definition) is 1. The molecular formula is C18H35Cl4N5O2Pt2S2. The molecule has 0 amide bonds. The van der Waals surface area contributed by atoms with Crippen molar-refractivity contribution in [2.24, 2.45) is 7.05 Å². The van der Waals surface area contributed by atoms with Crippen LogP contribution >= 0.6 is 0 Å². The van der Waals surface area contributed by atoms with Crippen LogP contribution in [-0.2, 0) is 70.8 Å². The first-order valence-corrected chi connectivity index (χ1v) is 11.6. The van der Waals surface area contributed by atoms with E-state index in [1.165, 1.54) is 6.33 Å². The van der Waals surface area contributed by atoms with Gasteiger partial charge in [-0.15, -0.1) is 0 Å². The van der Waals surface area contributed by atoms with Crippen LogP contribution in [0, 0.1) is 0 Å². The number of imidazole rings is 1. The zero-order chi connectivity index (χ0) is 21.3. The molecule has 2 aromatic rings. The van der Waals surface area contributed by atoms with E-state index in [1.807, 2.05) is 62.4 Å². The Morgan fingerprint density at radius 3 is 1.30 bits per heavy atom. The van der Waals surface area contributed by atoms with Gasteiger partial charge in [0, 0.05) is 49.6 Å². The molecule has 204 valence electrons. The monoisotopic (exact) mass is 947 g/mol. The first-order valence-electron chi connectivity index (χ1n) is 9.06. The Bertz CT molecular complexity index is 727. The molecule has 0 atom stereocenters. The van der Waals surface area contributed by atoms with Gasteiger partial charge in [0.2, 0.25) is 0 Å². The van der Waals surface area contributed by atoms with E-state index in [9.17, 15) is 8.42 Å². The van der Waals surface area contributed by atoms with Gasteiger partial charge in [0.1, 0.15) is 11.8 Å². The summed E-state index contributed by atoms with van der Waals surface area (Å²) in [7, 11) is 0.616. The van der Waals surface area contributed by atoms with Crippen molar-refractivity contribution in [1.29, 1.82) is 0 Å². The molecule has 0 aromatic carbocycles. The van der Waals surface area contributed by atoms with E-state index < -0.39 is 21.6 Å². The number of hydrogen-bond acceptors (Lipinski definition) is 6. The molecule has 0 radical (unpaired) electrons. The molecule has 0 fully saturated rings. The fourth-order valence-electron chi connectivity index (χ4n) is 2.05. The maximum atomic E-state index is 11.0. The van der Waals surface area contributed by atoms with Crippen LogP contribution in [0.3, 0.4) is 0 Å². The summed E-state index contributed by atoms with van der Waals surface area (Å²) < 4.78 is 23.7. The minimum absolute atomic E-state index is 0. The van der Waals surface area contributed by atoms with E-state index in [0.717, 1.165) is 5.65 Å². The third-order valence-electron chi connectivity index (χ3n) is 3.38. The standard InChI is InChI=1S/C6H7N5.2C6H14OS.4ClH.2Pt/c1-11-3-10-4-5(7)8-2-9-6(4)11;2*1-5(2)8(7)6(3)4;;;;;;/h2-3H,1H3,(H2,7,8,9);2*5-6H,1-4H3;4*1H;;/q;;;;;;;2*+2/p-4. The number of aromatic nitrogens is 4. The molecule has 0 aliphatic rings. The fraction of sp³-hybridized carbons (Fsp3) is 0.722. The largest absolute Gasteiger partial charge is 2.00 e. The number of halogens is 4. The average Bonchev–Trinajstić information content (AvgIpc) is 2.97. The molecule has 0 unspecified atom stereocenters. The van der Waals surface area contributed by atoms with Gasteiger partial charge in [-0.3, -0.25) is 8.42 Å². The molecular weight excluding hydrogens is 914 g/mol. The van der Waals surface area contributed by atoms with Crippen molar-refractivity contribution in [2.45, 2.75) is 76.4 Å². The average molecular weight is 950 g/mol. The van der Waals surface area contributed by atoms with Gasteiger partial charge in [0.25, 0.3) is 0 Å². The van der Waals surface area contributed by atoms with Gasteiger partial charge in [-0.1, -0.05) is 55.4 Å². The minimum atomic E-state index is -0.623. The van der Waals surface area contributed by atoms with Crippen molar-refractivity contribution in [2.75, 3.05) is 5.73 Å². The van der Waals surface area contributed by atoms with E-state index in [-0.39, 0.29) is 91.8 Å². The van der Waals surface area contributed by atoms with Crippen LogP contribution in [0.15, 0.2) is 12.7 Å². The van der Waals surface area contributed by atoms with Crippen molar-refractivity contribution < 1.29 is 100 Å². The van der Waals surface area contributed by atoms with Gasteiger partial charge in [0.15, 0.2) is 11.5 Å². The second-order valence-electron chi connectivity index (χ2n) is 7.14. The predicted octanol–water partition coefficient (Wildman–Crippen LogP) is -8.94. The number of nitrogen functional groups attached to an aromatic ring is 1. The molecule has 2 aromatic heterocycles. The Balaban J connectivity index is -0.0000000575. The predicted molar refractivity (Wildman–Crippen MR) is 118 cm³/mol. The zero-order valence-electron chi connectivity index (χ0n) is 20.1. The van der Waals surface area contributed by atoms with Crippen LogP contribution in [0.1, 0.15) is 55.4 Å². The van der Waals surface area contributed by atoms with Crippen molar-refractivity contribution in [3.63, 3.8) is 0 Å². The molecule has 0 saturated carbocycles. The fourth-order valence-corrected chi connectivity index (χ4v) is 4.23. The summed E-state index contributed by atoms with van der Waals surface area (Å²) >= 11 is 0. The molecule has 0 saturated heterocycles. The number of rotatable bonds is 4. The summed E-state index contributed by atoms with van der Waals surface area (Å²) in [5.74, 6) is 0.426. The van der Waals surface area contributed by atoms with E-state index in [1.54, 1.807) is 10.9 Å². The Kier molecular flexibility index (Phi) is 40.5. The van der Waals surface area contributed by atoms with Crippen molar-refractivity contribution in [1.82, 2.24) is 19.5 Å². The van der Waals surface area contributed by atoms with E-state index in [4.69, 9.17) is 5.73 Å². The summed E-state index contributed by atoms with van der Waals surface area (Å²) in [5, 5.41) is 1.26. The third kappa shape index (κ3) is 20.0. The molecule has 0 aliphatic carbocycles. The van der Waals surface area contributed by atoms with Gasteiger partial charge in [-0.05, 0) is 0 Å². The zero-order valence-corrected chi connectivity index (χ0v) is 29.3. The Morgan fingerprint density at radius 1 is 0.727 bits per heavy atom. The van der Waals surface area contributed by atoms with Crippen LogP contribution in [0.4, 0.5) is 5.82 Å². The Morgan fingerprint density at radius 2 is 1.06 bits per heavy atom. The molecule has 2 heterocycles. The van der Waals surface area contributed by atoms with Crippen molar-refractivity contribution in [3.8, 4) is 0 Å². The van der Waals surface area contributed by atoms with Crippen LogP contribution in [-0.4, -0.2) is 48.9 Å². The number of anilines is 1. The second-order valence-corrected chi connectivity index (χ2v) is 12.2. The minimum Gasteiger partial charge on any atom is -1.00 e. The molecule has 0 aliphatic heterocycles. The molecule has 0 spiro atoms. The van der Waals surface area contributed by atoms with Crippen LogP contribution < -0.4 is 55.4 Å². The van der Waals surface area contributed by atoms with Gasteiger partial charge in [-0.25, -0.2) is 15.0 Å². The van der Waals surface area contributed by atoms with E-state index in [0.29, 0.717) is 32.3 Å². The summed E-state index contributed by atoms with van der Waals surface area (Å²) in [4.78, 5) is 11.9. The smallest absolute Gasteiger partial charge is 1.00 e. The van der Waals surface area contributed by atoms with Crippen LogP contribution in [0.25, 0.3) is 11.2 Å². The van der Waals surface area contributed by atoms with E-state index in [2.05, 4.69) is 15.0 Å². The summed E-state index contributed by atoms with van der Waals surface area (Å²) in [6.07, 6.45) is 3.09. The second kappa shape index (κ2) is 26.3. The maximum absolute atomic E-state index is 11.0. The van der Waals surface area contributed by atoms with Gasteiger partial charge in [-0.2, -0.15) is 0 Å². The van der Waals surface area contributed by atoms with Gasteiger partial charge >= 0.3 is 42.1 Å².